The molecule has 3 N–H and O–H groups in total. The lowest BCUT2D eigenvalue weighted by Gasteiger charge is -2.22. The third-order valence-electron chi connectivity index (χ3n) is 3.59. The van der Waals surface area contributed by atoms with E-state index < -0.39 is 12.1 Å². The van der Waals surface area contributed by atoms with Crippen molar-refractivity contribution in [3.8, 4) is 0 Å². The van der Waals surface area contributed by atoms with Gasteiger partial charge in [0.1, 0.15) is 12.1 Å². The van der Waals surface area contributed by atoms with Crippen molar-refractivity contribution in [2.75, 3.05) is 13.1 Å². The van der Waals surface area contributed by atoms with Crippen LogP contribution in [0.5, 0.6) is 0 Å². The first-order chi connectivity index (χ1) is 9.59. The summed E-state index contributed by atoms with van der Waals surface area (Å²) < 4.78 is 0. The van der Waals surface area contributed by atoms with Crippen molar-refractivity contribution in [2.24, 2.45) is 5.73 Å². The van der Waals surface area contributed by atoms with Gasteiger partial charge in [-0.05, 0) is 25.3 Å². The summed E-state index contributed by atoms with van der Waals surface area (Å²) in [6.45, 7) is 3.27. The Morgan fingerprint density at radius 3 is 2.40 bits per heavy atom. The van der Waals surface area contributed by atoms with Gasteiger partial charge in [0.25, 0.3) is 0 Å². The van der Waals surface area contributed by atoms with Gasteiger partial charge in [-0.2, -0.15) is 0 Å². The number of hydrogen-bond acceptors (Lipinski definition) is 3. The Hall–Kier alpha value is -1.88. The zero-order valence-electron chi connectivity index (χ0n) is 11.7. The Morgan fingerprint density at radius 1 is 1.20 bits per heavy atom. The van der Waals surface area contributed by atoms with Crippen molar-refractivity contribution in [1.29, 1.82) is 0 Å². The summed E-state index contributed by atoms with van der Waals surface area (Å²) in [6.07, 6.45) is 2.08. The lowest BCUT2D eigenvalue weighted by molar-refractivity contribution is -0.135. The minimum Gasteiger partial charge on any atom is -0.343 e. The van der Waals surface area contributed by atoms with E-state index in [9.17, 15) is 9.59 Å². The van der Waals surface area contributed by atoms with Crippen LogP contribution in [0.4, 0.5) is 0 Å². The van der Waals surface area contributed by atoms with Crippen molar-refractivity contribution in [3.05, 3.63) is 35.9 Å². The van der Waals surface area contributed by atoms with Crippen LogP contribution in [-0.2, 0) is 9.59 Å². The predicted molar refractivity (Wildman–Crippen MR) is 76.8 cm³/mol. The van der Waals surface area contributed by atoms with E-state index in [1.807, 2.05) is 18.2 Å². The number of amides is 2. The molecule has 1 aromatic rings. The molecule has 0 aliphatic carbocycles. The Balaban J connectivity index is 1.91. The molecule has 1 heterocycles. The normalized spacial score (nSPS) is 17.6. The second-order valence-electron chi connectivity index (χ2n) is 5.15. The number of nitrogens with two attached hydrogens (primary N) is 1. The lowest BCUT2D eigenvalue weighted by atomic mass is 10.1. The molecule has 2 atom stereocenters. The summed E-state index contributed by atoms with van der Waals surface area (Å²) in [5, 5.41) is 2.70. The van der Waals surface area contributed by atoms with E-state index in [-0.39, 0.29) is 11.8 Å². The van der Waals surface area contributed by atoms with E-state index >= 15 is 0 Å². The molecule has 0 spiro atoms. The molecule has 1 unspecified atom stereocenters. The van der Waals surface area contributed by atoms with Crippen LogP contribution in [0.15, 0.2) is 30.3 Å². The van der Waals surface area contributed by atoms with Crippen molar-refractivity contribution in [3.63, 3.8) is 0 Å². The smallest absolute Gasteiger partial charge is 0.244 e. The molecule has 5 heteroatoms. The van der Waals surface area contributed by atoms with Gasteiger partial charge in [0.05, 0.1) is 0 Å². The maximum atomic E-state index is 12.1. The number of likely N-dealkylation sites (tertiary alicyclic amines) is 1. The first kappa shape index (κ1) is 14.5. The van der Waals surface area contributed by atoms with Crippen molar-refractivity contribution >= 4 is 11.8 Å². The summed E-state index contributed by atoms with van der Waals surface area (Å²) in [5.41, 5.74) is 6.64. The molecule has 108 valence electrons. The van der Waals surface area contributed by atoms with E-state index in [0.717, 1.165) is 31.5 Å². The molecule has 0 aromatic heterocycles. The molecular weight excluding hydrogens is 254 g/mol. The van der Waals surface area contributed by atoms with Crippen molar-refractivity contribution < 1.29 is 9.59 Å². The molecule has 0 radical (unpaired) electrons. The standard InChI is InChI=1S/C15H21N3O2/c1-11(15(20)18-9-5-6-10-18)17-14(19)13(16)12-7-3-2-4-8-12/h2-4,7-8,11,13H,5-6,9-10,16H2,1H3,(H,17,19)/t11?,13-/m1/s1. The van der Waals surface area contributed by atoms with Crippen LogP contribution in [0.1, 0.15) is 31.4 Å². The fraction of sp³-hybridized carbons (Fsp3) is 0.467. The number of hydrogen-bond donors (Lipinski definition) is 2. The molecule has 2 rings (SSSR count). The van der Waals surface area contributed by atoms with Gasteiger partial charge in [0.15, 0.2) is 0 Å². The number of nitrogens with zero attached hydrogens (tertiary/aromatic N) is 1. The number of carbonyl (C=O) groups excluding carboxylic acids is 2. The molecule has 5 nitrogen and oxygen atoms in total. The van der Waals surface area contributed by atoms with E-state index in [0.29, 0.717) is 0 Å². The average Bonchev–Trinajstić information content (AvgIpc) is 3.00. The molecule has 2 amide bonds. The van der Waals surface area contributed by atoms with Gasteiger partial charge in [0.2, 0.25) is 11.8 Å². The van der Waals surface area contributed by atoms with Crippen LogP contribution in [0.3, 0.4) is 0 Å². The fourth-order valence-corrected chi connectivity index (χ4v) is 2.39. The first-order valence-corrected chi connectivity index (χ1v) is 6.99. The highest BCUT2D eigenvalue weighted by atomic mass is 16.2. The highest BCUT2D eigenvalue weighted by Crippen LogP contribution is 2.11. The van der Waals surface area contributed by atoms with E-state index in [1.165, 1.54) is 0 Å². The van der Waals surface area contributed by atoms with E-state index in [1.54, 1.807) is 24.0 Å². The highest BCUT2D eigenvalue weighted by molar-refractivity contribution is 5.90. The minimum absolute atomic E-state index is 0.0314. The second-order valence-corrected chi connectivity index (χ2v) is 5.15. The summed E-state index contributed by atoms with van der Waals surface area (Å²) >= 11 is 0. The first-order valence-electron chi connectivity index (χ1n) is 6.99. The summed E-state index contributed by atoms with van der Waals surface area (Å²) in [5.74, 6) is -0.354. The van der Waals surface area contributed by atoms with Crippen molar-refractivity contribution in [1.82, 2.24) is 10.2 Å². The predicted octanol–water partition coefficient (Wildman–Crippen LogP) is 0.813. The van der Waals surface area contributed by atoms with Crippen LogP contribution >= 0.6 is 0 Å². The molecule has 1 fully saturated rings. The van der Waals surface area contributed by atoms with Gasteiger partial charge in [-0.25, -0.2) is 0 Å². The highest BCUT2D eigenvalue weighted by Gasteiger charge is 2.26. The topological polar surface area (TPSA) is 75.4 Å². The van der Waals surface area contributed by atoms with E-state index in [2.05, 4.69) is 5.32 Å². The fourth-order valence-electron chi connectivity index (χ4n) is 2.39. The van der Waals surface area contributed by atoms with Crippen LogP contribution in [0.2, 0.25) is 0 Å². The quantitative estimate of drug-likeness (QED) is 0.854. The summed E-state index contributed by atoms with van der Waals surface area (Å²) in [4.78, 5) is 26.0. The number of carbonyl (C=O) groups is 2. The zero-order chi connectivity index (χ0) is 14.5. The maximum absolute atomic E-state index is 12.1. The molecule has 0 bridgehead atoms. The monoisotopic (exact) mass is 275 g/mol. The van der Waals surface area contributed by atoms with Crippen molar-refractivity contribution in [2.45, 2.75) is 31.8 Å². The minimum atomic E-state index is -0.745. The number of nitrogens with one attached hydrogen (secondary N) is 1. The zero-order valence-corrected chi connectivity index (χ0v) is 11.7. The Kier molecular flexibility index (Phi) is 4.74. The molecule has 1 aromatic carbocycles. The van der Waals surface area contributed by atoms with E-state index in [4.69, 9.17) is 5.73 Å². The van der Waals surface area contributed by atoms with Gasteiger partial charge in [-0.1, -0.05) is 30.3 Å². The second kappa shape index (κ2) is 6.52. The average molecular weight is 275 g/mol. The van der Waals surface area contributed by atoms with Gasteiger partial charge >= 0.3 is 0 Å². The largest absolute Gasteiger partial charge is 0.343 e. The van der Waals surface area contributed by atoms with Gasteiger partial charge in [0, 0.05) is 13.1 Å². The molecular formula is C15H21N3O2. The van der Waals surface area contributed by atoms with Gasteiger partial charge in [-0.15, -0.1) is 0 Å². The number of rotatable bonds is 4. The SMILES string of the molecule is CC(NC(=O)[C@H](N)c1ccccc1)C(=O)N1CCCC1. The number of benzene rings is 1. The Labute approximate surface area is 119 Å². The lowest BCUT2D eigenvalue weighted by Crippen LogP contribution is -2.48. The Morgan fingerprint density at radius 2 is 1.80 bits per heavy atom. The molecule has 1 saturated heterocycles. The molecule has 1 aliphatic heterocycles. The molecule has 20 heavy (non-hydrogen) atoms. The maximum Gasteiger partial charge on any atom is 0.244 e. The van der Waals surface area contributed by atoms with Gasteiger partial charge < -0.3 is 16.0 Å². The third kappa shape index (κ3) is 3.36. The van der Waals surface area contributed by atoms with Gasteiger partial charge in [-0.3, -0.25) is 9.59 Å². The summed E-state index contributed by atoms with van der Waals surface area (Å²) in [7, 11) is 0. The van der Waals surface area contributed by atoms with Crippen LogP contribution in [0.25, 0.3) is 0 Å². The van der Waals surface area contributed by atoms with Crippen LogP contribution in [0, 0.1) is 0 Å². The summed E-state index contributed by atoms with van der Waals surface area (Å²) in [6, 6.07) is 7.87. The third-order valence-corrected chi connectivity index (χ3v) is 3.59. The molecule has 1 aliphatic rings. The molecule has 0 saturated carbocycles. The van der Waals surface area contributed by atoms with Crippen LogP contribution < -0.4 is 11.1 Å². The Bertz CT molecular complexity index is 469. The van der Waals surface area contributed by atoms with Crippen LogP contribution in [-0.4, -0.2) is 35.8 Å².